The van der Waals surface area contributed by atoms with Gasteiger partial charge in [0, 0.05) is 37.4 Å². The summed E-state index contributed by atoms with van der Waals surface area (Å²) in [5, 5.41) is 6.90. The van der Waals surface area contributed by atoms with Crippen molar-refractivity contribution in [2.24, 2.45) is 7.05 Å². The van der Waals surface area contributed by atoms with Crippen molar-refractivity contribution in [2.75, 3.05) is 5.32 Å². The molecule has 8 heteroatoms. The Balaban J connectivity index is 1.70. The van der Waals surface area contributed by atoms with Crippen LogP contribution in [0.2, 0.25) is 0 Å². The van der Waals surface area contributed by atoms with Crippen molar-refractivity contribution in [3.8, 4) is 0 Å². The number of aromatic nitrogens is 4. The minimum Gasteiger partial charge on any atom is -0.325 e. The molecule has 0 unspecified atom stereocenters. The summed E-state index contributed by atoms with van der Waals surface area (Å²) in [6.45, 7) is 0.424. The van der Waals surface area contributed by atoms with Crippen molar-refractivity contribution in [3.05, 3.63) is 81.4 Å². The molecule has 0 radical (unpaired) electrons. The lowest BCUT2D eigenvalue weighted by Gasteiger charge is -2.09. The van der Waals surface area contributed by atoms with Crippen molar-refractivity contribution in [1.29, 1.82) is 0 Å². The smallest absolute Gasteiger partial charge is 0.325 e. The van der Waals surface area contributed by atoms with E-state index in [0.717, 1.165) is 10.1 Å². The molecule has 2 aromatic heterocycles. The maximum Gasteiger partial charge on any atom is 0.331 e. The third-order valence-corrected chi connectivity index (χ3v) is 3.69. The minimum absolute atomic E-state index is 0.170. The fourth-order valence-corrected chi connectivity index (χ4v) is 2.42. The summed E-state index contributed by atoms with van der Waals surface area (Å²) in [5.41, 5.74) is 0.677. The molecule has 0 fully saturated rings. The van der Waals surface area contributed by atoms with Crippen molar-refractivity contribution in [3.63, 3.8) is 0 Å². The van der Waals surface area contributed by atoms with E-state index in [4.69, 9.17) is 0 Å². The predicted octanol–water partition coefficient (Wildman–Crippen LogP) is 0.430. The average molecular weight is 339 g/mol. The molecule has 0 aliphatic rings. The molecule has 25 heavy (non-hydrogen) atoms. The summed E-state index contributed by atoms with van der Waals surface area (Å²) >= 11 is 0. The molecule has 1 N–H and O–H groups in total. The Bertz CT molecular complexity index is 1000. The minimum atomic E-state index is -0.532. The standard InChI is InChI=1S/C17H17N5O3/c1-20-16(24)6-9-21(17(20)25)12-15(23)19-14-5-2-4-13(10-14)11-22-8-3-7-18-22/h2-10H,11-12H2,1H3,(H,19,23). The van der Waals surface area contributed by atoms with Gasteiger partial charge in [0.2, 0.25) is 5.91 Å². The molecule has 0 spiro atoms. The van der Waals surface area contributed by atoms with E-state index in [1.165, 1.54) is 23.9 Å². The molecule has 2 heterocycles. The zero-order valence-electron chi connectivity index (χ0n) is 13.6. The summed E-state index contributed by atoms with van der Waals surface area (Å²) in [6.07, 6.45) is 4.88. The molecule has 0 aliphatic carbocycles. The van der Waals surface area contributed by atoms with Crippen LogP contribution in [0.1, 0.15) is 5.56 Å². The quantitative estimate of drug-likeness (QED) is 0.730. The number of hydrogen-bond donors (Lipinski definition) is 1. The Hall–Kier alpha value is -3.42. The molecule has 0 aliphatic heterocycles. The van der Waals surface area contributed by atoms with Gasteiger partial charge >= 0.3 is 5.69 Å². The van der Waals surface area contributed by atoms with Crippen LogP contribution in [-0.2, 0) is 24.9 Å². The van der Waals surface area contributed by atoms with Crippen molar-refractivity contribution < 1.29 is 4.79 Å². The van der Waals surface area contributed by atoms with Crippen molar-refractivity contribution in [1.82, 2.24) is 18.9 Å². The zero-order valence-corrected chi connectivity index (χ0v) is 13.6. The third-order valence-electron chi connectivity index (χ3n) is 3.69. The molecule has 1 amide bonds. The van der Waals surface area contributed by atoms with Gasteiger partial charge in [-0.2, -0.15) is 5.10 Å². The van der Waals surface area contributed by atoms with Crippen LogP contribution >= 0.6 is 0 Å². The number of rotatable bonds is 5. The third kappa shape index (κ3) is 3.92. The van der Waals surface area contributed by atoms with E-state index in [0.29, 0.717) is 12.2 Å². The fraction of sp³-hybridized carbons (Fsp3) is 0.176. The van der Waals surface area contributed by atoms with Crippen LogP contribution in [0, 0.1) is 0 Å². The van der Waals surface area contributed by atoms with E-state index in [2.05, 4.69) is 10.4 Å². The molecule has 0 atom stereocenters. The van der Waals surface area contributed by atoms with Crippen LogP contribution in [0.25, 0.3) is 0 Å². The van der Waals surface area contributed by atoms with Crippen LogP contribution in [0.4, 0.5) is 5.69 Å². The average Bonchev–Trinajstić information content (AvgIpc) is 3.09. The number of hydrogen-bond acceptors (Lipinski definition) is 4. The van der Waals surface area contributed by atoms with Gasteiger partial charge < -0.3 is 5.32 Å². The van der Waals surface area contributed by atoms with Gasteiger partial charge in [0.05, 0.1) is 6.54 Å². The molecular weight excluding hydrogens is 322 g/mol. The van der Waals surface area contributed by atoms with Crippen LogP contribution in [0.3, 0.4) is 0 Å². The number of nitrogens with zero attached hydrogens (tertiary/aromatic N) is 4. The number of carbonyl (C=O) groups excluding carboxylic acids is 1. The van der Waals surface area contributed by atoms with Crippen LogP contribution in [0.5, 0.6) is 0 Å². The van der Waals surface area contributed by atoms with E-state index in [9.17, 15) is 14.4 Å². The van der Waals surface area contributed by atoms with Crippen LogP contribution < -0.4 is 16.6 Å². The summed E-state index contributed by atoms with van der Waals surface area (Å²) in [6, 6.07) is 10.5. The molecular formula is C17H17N5O3. The highest BCUT2D eigenvalue weighted by molar-refractivity contribution is 5.90. The van der Waals surface area contributed by atoms with Crippen molar-refractivity contribution in [2.45, 2.75) is 13.1 Å². The van der Waals surface area contributed by atoms with Crippen LogP contribution in [0.15, 0.2) is 64.6 Å². The summed E-state index contributed by atoms with van der Waals surface area (Å²) in [7, 11) is 1.37. The summed E-state index contributed by atoms with van der Waals surface area (Å²) in [5.74, 6) is -0.350. The van der Waals surface area contributed by atoms with Gasteiger partial charge in [-0.3, -0.25) is 23.4 Å². The first kappa shape index (κ1) is 16.4. The number of anilines is 1. The Labute approximate surface area is 143 Å². The SMILES string of the molecule is Cn1c(=O)ccn(CC(=O)Nc2cccc(Cn3cccn3)c2)c1=O. The summed E-state index contributed by atoms with van der Waals surface area (Å²) in [4.78, 5) is 35.5. The van der Waals surface area contributed by atoms with E-state index in [1.54, 1.807) is 16.9 Å². The van der Waals surface area contributed by atoms with E-state index in [1.807, 2.05) is 30.5 Å². The zero-order chi connectivity index (χ0) is 17.8. The maximum atomic E-state index is 12.2. The first-order chi connectivity index (χ1) is 12.0. The molecule has 128 valence electrons. The lowest BCUT2D eigenvalue weighted by molar-refractivity contribution is -0.116. The molecule has 3 aromatic rings. The fourth-order valence-electron chi connectivity index (χ4n) is 2.42. The Kier molecular flexibility index (Phi) is 4.60. The van der Waals surface area contributed by atoms with Gasteiger partial charge in [-0.25, -0.2) is 4.79 Å². The second-order valence-electron chi connectivity index (χ2n) is 5.58. The number of amides is 1. The topological polar surface area (TPSA) is 90.9 Å². The van der Waals surface area contributed by atoms with Gasteiger partial charge in [0.15, 0.2) is 0 Å². The number of carbonyl (C=O) groups is 1. The first-order valence-electron chi connectivity index (χ1n) is 7.65. The first-order valence-corrected chi connectivity index (χ1v) is 7.65. The maximum absolute atomic E-state index is 12.2. The number of benzene rings is 1. The van der Waals surface area contributed by atoms with Crippen LogP contribution in [-0.4, -0.2) is 24.8 Å². The molecule has 0 saturated carbocycles. The normalized spacial score (nSPS) is 10.6. The van der Waals surface area contributed by atoms with E-state index in [-0.39, 0.29) is 12.5 Å². The lowest BCUT2D eigenvalue weighted by Crippen LogP contribution is -2.38. The van der Waals surface area contributed by atoms with Gasteiger partial charge in [0.1, 0.15) is 6.54 Å². The van der Waals surface area contributed by atoms with Gasteiger partial charge in [0.25, 0.3) is 5.56 Å². The Morgan fingerprint density at radius 3 is 2.76 bits per heavy atom. The summed E-state index contributed by atoms with van der Waals surface area (Å²) < 4.78 is 3.92. The highest BCUT2D eigenvalue weighted by Crippen LogP contribution is 2.11. The lowest BCUT2D eigenvalue weighted by atomic mass is 10.2. The number of nitrogens with one attached hydrogen (secondary N) is 1. The molecule has 8 nitrogen and oxygen atoms in total. The van der Waals surface area contributed by atoms with E-state index >= 15 is 0 Å². The molecule has 0 bridgehead atoms. The Morgan fingerprint density at radius 1 is 1.16 bits per heavy atom. The Morgan fingerprint density at radius 2 is 2.00 bits per heavy atom. The monoisotopic (exact) mass is 339 g/mol. The largest absolute Gasteiger partial charge is 0.331 e. The van der Waals surface area contributed by atoms with Gasteiger partial charge in [-0.15, -0.1) is 0 Å². The van der Waals surface area contributed by atoms with Crippen molar-refractivity contribution >= 4 is 11.6 Å². The second kappa shape index (κ2) is 7.00. The highest BCUT2D eigenvalue weighted by atomic mass is 16.2. The second-order valence-corrected chi connectivity index (χ2v) is 5.58. The molecule has 0 saturated heterocycles. The molecule has 3 rings (SSSR count). The van der Waals surface area contributed by atoms with Gasteiger partial charge in [-0.1, -0.05) is 12.1 Å². The molecule has 1 aromatic carbocycles. The highest BCUT2D eigenvalue weighted by Gasteiger charge is 2.08. The van der Waals surface area contributed by atoms with Gasteiger partial charge in [-0.05, 0) is 23.8 Å². The van der Waals surface area contributed by atoms with E-state index < -0.39 is 11.2 Å². The predicted molar refractivity (Wildman–Crippen MR) is 92.3 cm³/mol.